The van der Waals surface area contributed by atoms with Crippen molar-refractivity contribution < 1.29 is 19.4 Å². The molecule has 0 unspecified atom stereocenters. The van der Waals surface area contributed by atoms with E-state index in [1.54, 1.807) is 24.3 Å². The first-order valence-corrected chi connectivity index (χ1v) is 10.9. The molecule has 0 saturated carbocycles. The van der Waals surface area contributed by atoms with Gasteiger partial charge in [0.2, 0.25) is 0 Å². The zero-order valence-electron chi connectivity index (χ0n) is 16.5. The molecule has 8 heteroatoms. The molecule has 160 valence electrons. The van der Waals surface area contributed by atoms with Crippen molar-refractivity contribution in [3.05, 3.63) is 97.9 Å². The maximum atomic E-state index is 12.6. The zero-order chi connectivity index (χ0) is 23.1. The van der Waals surface area contributed by atoms with Crippen LogP contribution < -0.4 is 10.1 Å². The van der Waals surface area contributed by atoms with Gasteiger partial charge in [-0.15, -0.1) is 0 Å². The third-order valence-electron chi connectivity index (χ3n) is 4.33. The Labute approximate surface area is 201 Å². The summed E-state index contributed by atoms with van der Waals surface area (Å²) in [5.41, 5.74) is 1.46. The number of carboxylic acid groups (broad SMARTS) is 1. The number of rotatable bonds is 7. The molecular weight excluding hydrogens is 540 g/mol. The molecule has 1 amide bonds. The third kappa shape index (κ3) is 5.84. The van der Waals surface area contributed by atoms with Gasteiger partial charge in [0.15, 0.2) is 0 Å². The quantitative estimate of drug-likeness (QED) is 0.274. The van der Waals surface area contributed by atoms with Crippen molar-refractivity contribution in [1.29, 1.82) is 5.26 Å². The third-order valence-corrected chi connectivity index (χ3v) is 5.51. The van der Waals surface area contributed by atoms with Crippen LogP contribution in [0.1, 0.15) is 21.5 Å². The molecule has 0 spiro atoms. The molecule has 2 N–H and O–H groups in total. The van der Waals surface area contributed by atoms with Crippen LogP contribution >= 0.6 is 31.9 Å². The summed E-state index contributed by atoms with van der Waals surface area (Å²) in [5.74, 6) is -1.30. The van der Waals surface area contributed by atoms with Crippen molar-refractivity contribution in [2.24, 2.45) is 0 Å². The average Bonchev–Trinajstić information content (AvgIpc) is 2.77. The number of para-hydroxylation sites is 1. The van der Waals surface area contributed by atoms with E-state index < -0.39 is 11.9 Å². The van der Waals surface area contributed by atoms with Crippen molar-refractivity contribution in [3.63, 3.8) is 0 Å². The van der Waals surface area contributed by atoms with Crippen molar-refractivity contribution in [3.8, 4) is 11.8 Å². The summed E-state index contributed by atoms with van der Waals surface area (Å²) in [6, 6.07) is 21.0. The Bertz CT molecular complexity index is 1210. The highest BCUT2D eigenvalue weighted by Gasteiger charge is 2.16. The zero-order valence-corrected chi connectivity index (χ0v) is 19.7. The molecule has 32 heavy (non-hydrogen) atoms. The van der Waals surface area contributed by atoms with Crippen molar-refractivity contribution in [2.75, 3.05) is 5.32 Å². The van der Waals surface area contributed by atoms with E-state index in [0.29, 0.717) is 26.9 Å². The number of nitrogens with zero attached hydrogens (tertiary/aromatic N) is 1. The molecule has 0 atom stereocenters. The lowest BCUT2D eigenvalue weighted by molar-refractivity contribution is -0.112. The summed E-state index contributed by atoms with van der Waals surface area (Å²) in [6.07, 6.45) is 1.41. The Morgan fingerprint density at radius 1 is 1.03 bits per heavy atom. The number of carbonyl (C=O) groups is 2. The van der Waals surface area contributed by atoms with Crippen LogP contribution in [0, 0.1) is 11.3 Å². The number of halogens is 2. The van der Waals surface area contributed by atoms with Crippen LogP contribution in [0.2, 0.25) is 0 Å². The number of nitriles is 1. The Balaban J connectivity index is 1.80. The fraction of sp³-hybridized carbons (Fsp3) is 0.0417. The topological polar surface area (TPSA) is 99.4 Å². The Kier molecular flexibility index (Phi) is 7.82. The SMILES string of the molecule is N#C/C(=C\c1cc(Br)c(OCc2ccccc2)c(Br)c1)C(=O)Nc1ccccc1C(=O)O. The number of hydrogen-bond acceptors (Lipinski definition) is 4. The van der Waals surface area contributed by atoms with E-state index in [4.69, 9.17) is 4.74 Å². The number of nitrogens with one attached hydrogen (secondary N) is 1. The highest BCUT2D eigenvalue weighted by molar-refractivity contribution is 9.11. The van der Waals surface area contributed by atoms with E-state index in [0.717, 1.165) is 5.56 Å². The number of carbonyl (C=O) groups excluding carboxylic acids is 1. The van der Waals surface area contributed by atoms with Crippen LogP contribution in [-0.2, 0) is 11.4 Å². The van der Waals surface area contributed by atoms with E-state index >= 15 is 0 Å². The predicted molar refractivity (Wildman–Crippen MR) is 128 cm³/mol. The molecule has 0 aromatic heterocycles. The lowest BCUT2D eigenvalue weighted by Gasteiger charge is -2.12. The number of amides is 1. The number of aromatic carboxylic acids is 1. The van der Waals surface area contributed by atoms with Crippen LogP contribution in [0.5, 0.6) is 5.75 Å². The van der Waals surface area contributed by atoms with Crippen molar-refractivity contribution >= 4 is 55.5 Å². The van der Waals surface area contributed by atoms with Gasteiger partial charge in [-0.05, 0) is 73.3 Å². The molecule has 0 aliphatic rings. The van der Waals surface area contributed by atoms with E-state index in [2.05, 4.69) is 37.2 Å². The van der Waals surface area contributed by atoms with Gasteiger partial charge in [0.1, 0.15) is 24.0 Å². The Hall–Kier alpha value is -3.41. The lowest BCUT2D eigenvalue weighted by atomic mass is 10.1. The van der Waals surface area contributed by atoms with Gasteiger partial charge in [0.05, 0.1) is 20.2 Å². The van der Waals surface area contributed by atoms with Crippen molar-refractivity contribution in [1.82, 2.24) is 0 Å². The van der Waals surface area contributed by atoms with E-state index in [1.165, 1.54) is 18.2 Å². The minimum atomic E-state index is -1.18. The van der Waals surface area contributed by atoms with Crippen LogP contribution in [0.15, 0.2) is 81.2 Å². The van der Waals surface area contributed by atoms with E-state index in [-0.39, 0.29) is 16.8 Å². The van der Waals surface area contributed by atoms with Gasteiger partial charge >= 0.3 is 5.97 Å². The molecule has 0 radical (unpaired) electrons. The molecule has 3 rings (SSSR count). The summed E-state index contributed by atoms with van der Waals surface area (Å²) in [5, 5.41) is 21.2. The van der Waals surface area contributed by atoms with Crippen LogP contribution in [0.3, 0.4) is 0 Å². The molecule has 3 aromatic rings. The summed E-state index contributed by atoms with van der Waals surface area (Å²) in [4.78, 5) is 23.9. The van der Waals surface area contributed by atoms with Gasteiger partial charge in [0.25, 0.3) is 5.91 Å². The molecule has 0 aliphatic carbocycles. The summed E-state index contributed by atoms with van der Waals surface area (Å²) < 4.78 is 7.17. The highest BCUT2D eigenvalue weighted by Crippen LogP contribution is 2.36. The predicted octanol–water partition coefficient (Wildman–Crippen LogP) is 6.03. The van der Waals surface area contributed by atoms with Gasteiger partial charge in [0, 0.05) is 0 Å². The summed E-state index contributed by atoms with van der Waals surface area (Å²) >= 11 is 6.93. The molecule has 0 saturated heterocycles. The Morgan fingerprint density at radius 2 is 1.66 bits per heavy atom. The smallest absolute Gasteiger partial charge is 0.337 e. The lowest BCUT2D eigenvalue weighted by Crippen LogP contribution is -2.16. The maximum Gasteiger partial charge on any atom is 0.337 e. The number of benzene rings is 3. The number of hydrogen-bond donors (Lipinski definition) is 2. The number of carboxylic acids is 1. The van der Waals surface area contributed by atoms with Gasteiger partial charge in [-0.25, -0.2) is 4.79 Å². The fourth-order valence-corrected chi connectivity index (χ4v) is 4.26. The molecule has 0 fully saturated rings. The van der Waals surface area contributed by atoms with Gasteiger partial charge in [-0.2, -0.15) is 5.26 Å². The first kappa shape index (κ1) is 23.3. The normalized spacial score (nSPS) is 10.8. The fourth-order valence-electron chi connectivity index (χ4n) is 2.81. The van der Waals surface area contributed by atoms with Gasteiger partial charge in [-0.3, -0.25) is 4.79 Å². The molecule has 3 aromatic carbocycles. The van der Waals surface area contributed by atoms with Crippen LogP contribution in [-0.4, -0.2) is 17.0 Å². The highest BCUT2D eigenvalue weighted by atomic mass is 79.9. The first-order chi connectivity index (χ1) is 15.4. The second-order valence-corrected chi connectivity index (χ2v) is 8.27. The maximum absolute atomic E-state index is 12.6. The summed E-state index contributed by atoms with van der Waals surface area (Å²) in [7, 11) is 0. The molecule has 0 aliphatic heterocycles. The average molecular weight is 556 g/mol. The van der Waals surface area contributed by atoms with E-state index in [9.17, 15) is 20.0 Å². The minimum absolute atomic E-state index is 0.0662. The molecule has 6 nitrogen and oxygen atoms in total. The number of ether oxygens (including phenoxy) is 1. The molecule has 0 heterocycles. The summed E-state index contributed by atoms with van der Waals surface area (Å²) in [6.45, 7) is 0.377. The van der Waals surface area contributed by atoms with E-state index in [1.807, 2.05) is 36.4 Å². The first-order valence-electron chi connectivity index (χ1n) is 9.30. The van der Waals surface area contributed by atoms with Crippen LogP contribution in [0.4, 0.5) is 5.69 Å². The van der Waals surface area contributed by atoms with Crippen molar-refractivity contribution in [2.45, 2.75) is 6.61 Å². The van der Waals surface area contributed by atoms with Gasteiger partial charge < -0.3 is 15.2 Å². The molecule has 0 bridgehead atoms. The second kappa shape index (κ2) is 10.8. The van der Waals surface area contributed by atoms with Crippen LogP contribution in [0.25, 0.3) is 6.08 Å². The monoisotopic (exact) mass is 554 g/mol. The Morgan fingerprint density at radius 3 is 2.28 bits per heavy atom. The van der Waals surface area contributed by atoms with Gasteiger partial charge in [-0.1, -0.05) is 42.5 Å². The molecular formula is C24H16Br2N2O4. The largest absolute Gasteiger partial charge is 0.487 e. The number of anilines is 1. The standard InChI is InChI=1S/C24H16Br2N2O4/c25-19-11-16(12-20(26)22(19)32-14-15-6-2-1-3-7-15)10-17(13-27)23(29)28-21-9-5-4-8-18(21)24(30)31/h1-12H,14H2,(H,28,29)(H,30,31)/b17-10+. The second-order valence-electron chi connectivity index (χ2n) is 6.56. The minimum Gasteiger partial charge on any atom is -0.487 e.